The van der Waals surface area contributed by atoms with Gasteiger partial charge in [-0.05, 0) is 12.8 Å². The Balaban J connectivity index is 4.72. The molecule has 0 fully saturated rings. The molecule has 0 aliphatic rings. The zero-order chi connectivity index (χ0) is 15.6. The molecule has 5 nitrogen and oxygen atoms in total. The Labute approximate surface area is 124 Å². The second-order valence-electron chi connectivity index (χ2n) is 5.71. The molecule has 2 unspecified atom stereocenters. The van der Waals surface area contributed by atoms with Gasteiger partial charge in [-0.15, -0.1) is 0 Å². The van der Waals surface area contributed by atoms with Gasteiger partial charge in [-0.2, -0.15) is 0 Å². The average Bonchev–Trinajstić information content (AvgIpc) is 2.42. The lowest BCUT2D eigenvalue weighted by Crippen LogP contribution is -2.46. The molecule has 0 aliphatic heterocycles. The van der Waals surface area contributed by atoms with E-state index in [1.165, 1.54) is 7.41 Å². The van der Waals surface area contributed by atoms with Crippen LogP contribution in [0.2, 0.25) is 0 Å². The van der Waals surface area contributed by atoms with Crippen LogP contribution in [0.15, 0.2) is 4.90 Å². The average molecular weight is 281 g/mol. The van der Waals surface area contributed by atoms with Gasteiger partial charge in [0, 0.05) is 5.41 Å². The highest BCUT2D eigenvalue weighted by atomic mass is 16.1. The zero-order valence-corrected chi connectivity index (χ0v) is 13.2. The number of hydrogen-bond donors (Lipinski definition) is 3. The highest BCUT2D eigenvalue weighted by Gasteiger charge is 2.35. The summed E-state index contributed by atoms with van der Waals surface area (Å²) in [6.45, 7) is 6.30. The molecule has 6 heteroatoms. The molecule has 2 atom stereocenters. The summed E-state index contributed by atoms with van der Waals surface area (Å²) in [6.07, 6.45) is 7.19. The molecular formula is C14H30BN4O. The van der Waals surface area contributed by atoms with Crippen LogP contribution in [-0.4, -0.2) is 25.1 Å². The van der Waals surface area contributed by atoms with Crippen LogP contribution in [0.25, 0.3) is 0 Å². The molecule has 0 spiro atoms. The number of hydrogen-bond acceptors (Lipinski definition) is 3. The summed E-state index contributed by atoms with van der Waals surface area (Å²) in [4.78, 5) is 16.3. The third kappa shape index (κ3) is 6.94. The van der Waals surface area contributed by atoms with E-state index in [1.54, 1.807) is 0 Å². The first-order chi connectivity index (χ1) is 9.37. The van der Waals surface area contributed by atoms with E-state index >= 15 is 0 Å². The SMILES string of the molecule is CCCCCC(C)(CCCC)C(=O)C(N)[B]N=C(N)N. The minimum Gasteiger partial charge on any atom is -0.371 e. The van der Waals surface area contributed by atoms with E-state index in [1.807, 2.05) is 6.92 Å². The predicted octanol–water partition coefficient (Wildman–Crippen LogP) is 1.51. The van der Waals surface area contributed by atoms with Gasteiger partial charge < -0.3 is 22.1 Å². The van der Waals surface area contributed by atoms with Gasteiger partial charge in [0.15, 0.2) is 5.96 Å². The topological polar surface area (TPSA) is 107 Å². The van der Waals surface area contributed by atoms with E-state index in [4.69, 9.17) is 17.2 Å². The summed E-state index contributed by atoms with van der Waals surface area (Å²) in [5.74, 6) is -0.776. The summed E-state index contributed by atoms with van der Waals surface area (Å²) >= 11 is 0. The lowest BCUT2D eigenvalue weighted by molar-refractivity contribution is -0.128. The molecule has 0 aromatic rings. The summed E-state index contributed by atoms with van der Waals surface area (Å²) in [5.41, 5.74) is 16.0. The summed E-state index contributed by atoms with van der Waals surface area (Å²) in [7, 11) is 1.35. The van der Waals surface area contributed by atoms with Gasteiger partial charge in [0.25, 0.3) is 0 Å². The van der Waals surface area contributed by atoms with E-state index < -0.39 is 5.94 Å². The second kappa shape index (κ2) is 9.80. The number of rotatable bonds is 11. The van der Waals surface area contributed by atoms with Crippen molar-refractivity contribution in [2.24, 2.45) is 27.5 Å². The van der Waals surface area contributed by atoms with Gasteiger partial charge in [0.2, 0.25) is 0 Å². The van der Waals surface area contributed by atoms with Gasteiger partial charge in [0.05, 0.1) is 5.94 Å². The third-order valence-electron chi connectivity index (χ3n) is 3.70. The fraction of sp³-hybridized carbons (Fsp3) is 0.857. The van der Waals surface area contributed by atoms with Crippen LogP contribution < -0.4 is 17.2 Å². The fourth-order valence-electron chi connectivity index (χ4n) is 2.34. The normalized spacial score (nSPS) is 15.2. The van der Waals surface area contributed by atoms with Crippen molar-refractivity contribution >= 4 is 19.2 Å². The molecule has 0 saturated carbocycles. The fourth-order valence-corrected chi connectivity index (χ4v) is 2.34. The van der Waals surface area contributed by atoms with Gasteiger partial charge in [-0.3, -0.25) is 4.79 Å². The molecule has 6 N–H and O–H groups in total. The van der Waals surface area contributed by atoms with Crippen molar-refractivity contribution in [3.05, 3.63) is 0 Å². The highest BCUT2D eigenvalue weighted by molar-refractivity contribution is 6.44. The van der Waals surface area contributed by atoms with Crippen LogP contribution in [0.1, 0.15) is 65.7 Å². The maximum absolute atomic E-state index is 12.6. The Morgan fingerprint density at radius 3 is 2.20 bits per heavy atom. The molecule has 1 radical (unpaired) electrons. The van der Waals surface area contributed by atoms with Gasteiger partial charge in [-0.1, -0.05) is 52.9 Å². The van der Waals surface area contributed by atoms with Crippen LogP contribution in [0.5, 0.6) is 0 Å². The molecule has 0 aromatic heterocycles. The lowest BCUT2D eigenvalue weighted by atomic mass is 9.67. The first kappa shape index (κ1) is 19.0. The number of Topliss-reactive ketones (excluding diaryl/α,β-unsaturated/α-hetero) is 1. The first-order valence-corrected chi connectivity index (χ1v) is 7.59. The van der Waals surface area contributed by atoms with Crippen molar-refractivity contribution in [2.75, 3.05) is 0 Å². The predicted molar refractivity (Wildman–Crippen MR) is 86.3 cm³/mol. The van der Waals surface area contributed by atoms with Crippen LogP contribution in [-0.2, 0) is 4.79 Å². The van der Waals surface area contributed by atoms with E-state index in [0.29, 0.717) is 0 Å². The van der Waals surface area contributed by atoms with Crippen molar-refractivity contribution < 1.29 is 4.79 Å². The van der Waals surface area contributed by atoms with Crippen LogP contribution in [0.3, 0.4) is 0 Å². The molecule has 0 heterocycles. The molecule has 0 aliphatic carbocycles. The van der Waals surface area contributed by atoms with Crippen LogP contribution in [0, 0.1) is 5.41 Å². The summed E-state index contributed by atoms with van der Waals surface area (Å²) in [6, 6.07) is 0. The number of carbonyl (C=O) groups is 1. The van der Waals surface area contributed by atoms with E-state index in [2.05, 4.69) is 18.8 Å². The third-order valence-corrected chi connectivity index (χ3v) is 3.70. The molecule has 0 rings (SSSR count). The maximum Gasteiger partial charge on any atom is 0.305 e. The Kier molecular flexibility index (Phi) is 9.30. The van der Waals surface area contributed by atoms with Crippen LogP contribution >= 0.6 is 0 Å². The molecule has 0 saturated heterocycles. The molecule has 20 heavy (non-hydrogen) atoms. The molecule has 0 bridgehead atoms. The quantitative estimate of drug-likeness (QED) is 0.231. The van der Waals surface area contributed by atoms with Gasteiger partial charge >= 0.3 is 7.41 Å². The number of nitrogens with zero attached hydrogens (tertiary/aromatic N) is 1. The Bertz CT molecular complexity index is 318. The number of nitrogens with two attached hydrogens (primary N) is 3. The van der Waals surface area contributed by atoms with Crippen LogP contribution in [0.4, 0.5) is 0 Å². The maximum atomic E-state index is 12.6. The largest absolute Gasteiger partial charge is 0.371 e. The monoisotopic (exact) mass is 281 g/mol. The Morgan fingerprint density at radius 1 is 1.15 bits per heavy atom. The first-order valence-electron chi connectivity index (χ1n) is 7.59. The molecule has 0 aromatic carbocycles. The Hall–Kier alpha value is -1.04. The molecular weight excluding hydrogens is 251 g/mol. The van der Waals surface area contributed by atoms with Crippen molar-refractivity contribution in [1.29, 1.82) is 0 Å². The number of ketones is 1. The van der Waals surface area contributed by atoms with Crippen molar-refractivity contribution in [2.45, 2.75) is 71.7 Å². The minimum absolute atomic E-state index is 0.0343. The van der Waals surface area contributed by atoms with E-state index in [9.17, 15) is 4.79 Å². The zero-order valence-electron chi connectivity index (χ0n) is 13.2. The Morgan fingerprint density at radius 2 is 1.70 bits per heavy atom. The van der Waals surface area contributed by atoms with Gasteiger partial charge in [-0.25, -0.2) is 0 Å². The number of carbonyl (C=O) groups excluding carboxylic acids is 1. The smallest absolute Gasteiger partial charge is 0.305 e. The standard InChI is InChI=1S/C14H30BN4O/c1-4-6-8-10-14(3,9-7-5-2)11(20)12(16)15-19-13(17)18/h12H,4-10,16H2,1-3H3,(H4,17,18,19). The summed E-state index contributed by atoms with van der Waals surface area (Å²) in [5, 5.41) is 0. The van der Waals surface area contributed by atoms with Crippen molar-refractivity contribution in [3.63, 3.8) is 0 Å². The van der Waals surface area contributed by atoms with E-state index in [-0.39, 0.29) is 17.2 Å². The van der Waals surface area contributed by atoms with Crippen molar-refractivity contribution in [3.8, 4) is 0 Å². The molecule has 115 valence electrons. The number of unbranched alkanes of at least 4 members (excludes halogenated alkanes) is 3. The summed E-state index contributed by atoms with van der Waals surface area (Å²) < 4.78 is 0. The van der Waals surface area contributed by atoms with Crippen molar-refractivity contribution in [1.82, 2.24) is 0 Å². The number of guanidine groups is 1. The van der Waals surface area contributed by atoms with E-state index in [0.717, 1.165) is 44.9 Å². The second-order valence-corrected chi connectivity index (χ2v) is 5.71. The highest BCUT2D eigenvalue weighted by Crippen LogP contribution is 2.32. The van der Waals surface area contributed by atoms with Gasteiger partial charge in [0.1, 0.15) is 5.78 Å². The lowest BCUT2D eigenvalue weighted by Gasteiger charge is -2.30. The minimum atomic E-state index is -0.736. The molecule has 0 amide bonds.